The third kappa shape index (κ3) is 3.67. The highest BCUT2D eigenvalue weighted by atomic mass is 16.6. The lowest BCUT2D eigenvalue weighted by molar-refractivity contribution is -0.162. The number of methoxy groups -OCH3 is 3. The largest absolute Gasteiger partial charge is 0.497 e. The van der Waals surface area contributed by atoms with E-state index in [1.165, 1.54) is 14.2 Å². The van der Waals surface area contributed by atoms with E-state index >= 15 is 0 Å². The van der Waals surface area contributed by atoms with Gasteiger partial charge in [0.2, 0.25) is 0 Å². The summed E-state index contributed by atoms with van der Waals surface area (Å²) in [5, 5.41) is 3.88. The molecule has 0 heterocycles. The molecule has 7 nitrogen and oxygen atoms in total. The molecule has 0 amide bonds. The molecule has 130 valence electrons. The van der Waals surface area contributed by atoms with Gasteiger partial charge in [-0.3, -0.25) is 9.59 Å². The smallest absolute Gasteiger partial charge is 0.323 e. The van der Waals surface area contributed by atoms with Crippen LogP contribution in [0.5, 0.6) is 5.75 Å². The minimum atomic E-state index is -1.17. The van der Waals surface area contributed by atoms with Crippen molar-refractivity contribution in [2.24, 2.45) is 16.5 Å². The summed E-state index contributed by atoms with van der Waals surface area (Å²) in [5.41, 5.74) is -0.298. The first kappa shape index (κ1) is 17.8. The molecule has 0 saturated heterocycles. The minimum absolute atomic E-state index is 0.145. The standard InChI is InChI=1S/C17H21NO6/c1-21-14-6-4-12(5-7-14)11-18-24-9-8-13-10-17(13,15(19)22-2)16(20)23-3/h4-7,11,13H,8-10H2,1-3H3/b18-11+/t13-/m0/s1. The number of carbonyl (C=O) groups excluding carboxylic acids is 2. The number of carbonyl (C=O) groups is 2. The van der Waals surface area contributed by atoms with Crippen LogP contribution in [0.1, 0.15) is 18.4 Å². The zero-order valence-corrected chi connectivity index (χ0v) is 14.0. The fourth-order valence-corrected chi connectivity index (χ4v) is 2.66. The predicted octanol–water partition coefficient (Wildman–Crippen LogP) is 1.79. The van der Waals surface area contributed by atoms with Crippen LogP contribution in [0.2, 0.25) is 0 Å². The van der Waals surface area contributed by atoms with Crippen molar-refractivity contribution in [1.82, 2.24) is 0 Å². The molecule has 24 heavy (non-hydrogen) atoms. The minimum Gasteiger partial charge on any atom is -0.497 e. The van der Waals surface area contributed by atoms with Gasteiger partial charge in [-0.2, -0.15) is 0 Å². The van der Waals surface area contributed by atoms with E-state index in [1.54, 1.807) is 13.3 Å². The highest BCUT2D eigenvalue weighted by molar-refractivity contribution is 6.03. The van der Waals surface area contributed by atoms with Crippen LogP contribution >= 0.6 is 0 Å². The highest BCUT2D eigenvalue weighted by Crippen LogP contribution is 2.56. The zero-order valence-electron chi connectivity index (χ0n) is 14.0. The van der Waals surface area contributed by atoms with Crippen molar-refractivity contribution in [3.63, 3.8) is 0 Å². The highest BCUT2D eigenvalue weighted by Gasteiger charge is 2.67. The number of esters is 2. The maximum Gasteiger partial charge on any atom is 0.323 e. The van der Waals surface area contributed by atoms with E-state index in [2.05, 4.69) is 5.16 Å². The average molecular weight is 335 g/mol. The molecule has 0 spiro atoms. The monoisotopic (exact) mass is 335 g/mol. The summed E-state index contributed by atoms with van der Waals surface area (Å²) in [7, 11) is 4.13. The normalized spacial score (nSPS) is 18.0. The second-order valence-electron chi connectivity index (χ2n) is 5.49. The summed E-state index contributed by atoms with van der Waals surface area (Å²) in [6.45, 7) is 0.299. The lowest BCUT2D eigenvalue weighted by atomic mass is 10.0. The van der Waals surface area contributed by atoms with Gasteiger partial charge in [-0.25, -0.2) is 0 Å². The van der Waals surface area contributed by atoms with Gasteiger partial charge >= 0.3 is 11.9 Å². The first-order valence-electron chi connectivity index (χ1n) is 7.54. The van der Waals surface area contributed by atoms with E-state index in [9.17, 15) is 9.59 Å². The second kappa shape index (κ2) is 7.81. The Morgan fingerprint density at radius 3 is 2.33 bits per heavy atom. The Bertz CT molecular complexity index is 594. The number of hydrogen-bond acceptors (Lipinski definition) is 7. The van der Waals surface area contributed by atoms with Crippen molar-refractivity contribution in [2.75, 3.05) is 27.9 Å². The van der Waals surface area contributed by atoms with Crippen molar-refractivity contribution in [3.05, 3.63) is 29.8 Å². The lowest BCUT2D eigenvalue weighted by Gasteiger charge is -2.11. The van der Waals surface area contributed by atoms with Crippen molar-refractivity contribution >= 4 is 18.2 Å². The average Bonchev–Trinajstić information content (AvgIpc) is 3.36. The Morgan fingerprint density at radius 1 is 1.17 bits per heavy atom. The number of ether oxygens (including phenoxy) is 3. The van der Waals surface area contributed by atoms with E-state index in [-0.39, 0.29) is 5.92 Å². The molecule has 1 fully saturated rings. The van der Waals surface area contributed by atoms with Crippen molar-refractivity contribution < 1.29 is 28.6 Å². The second-order valence-corrected chi connectivity index (χ2v) is 5.49. The molecule has 1 aliphatic carbocycles. The van der Waals surface area contributed by atoms with E-state index in [0.29, 0.717) is 19.4 Å². The first-order valence-corrected chi connectivity index (χ1v) is 7.54. The fourth-order valence-electron chi connectivity index (χ4n) is 2.66. The molecular weight excluding hydrogens is 314 g/mol. The Labute approximate surface area is 140 Å². The van der Waals surface area contributed by atoms with E-state index in [1.807, 2.05) is 24.3 Å². The molecule has 0 bridgehead atoms. The van der Waals surface area contributed by atoms with Crippen molar-refractivity contribution in [2.45, 2.75) is 12.8 Å². The van der Waals surface area contributed by atoms with E-state index < -0.39 is 17.4 Å². The van der Waals surface area contributed by atoms with E-state index in [0.717, 1.165) is 11.3 Å². The molecule has 1 aliphatic rings. The van der Waals surface area contributed by atoms with Crippen LogP contribution in [-0.4, -0.2) is 46.1 Å². The molecule has 0 aliphatic heterocycles. The summed E-state index contributed by atoms with van der Waals surface area (Å²) in [6.07, 6.45) is 2.52. The number of benzene rings is 1. The van der Waals surface area contributed by atoms with Crippen LogP contribution < -0.4 is 4.74 Å². The molecular formula is C17H21NO6. The van der Waals surface area contributed by atoms with Gasteiger partial charge < -0.3 is 19.0 Å². The van der Waals surface area contributed by atoms with Gasteiger partial charge in [0, 0.05) is 0 Å². The molecule has 1 saturated carbocycles. The Kier molecular flexibility index (Phi) is 5.78. The van der Waals surface area contributed by atoms with Crippen LogP contribution in [0.25, 0.3) is 0 Å². The molecule has 1 aromatic carbocycles. The van der Waals surface area contributed by atoms with Gasteiger partial charge in [-0.15, -0.1) is 0 Å². The van der Waals surface area contributed by atoms with Crippen LogP contribution in [-0.2, 0) is 23.9 Å². The summed E-state index contributed by atoms with van der Waals surface area (Å²) in [6, 6.07) is 7.36. The quantitative estimate of drug-likeness (QED) is 0.237. The van der Waals surface area contributed by atoms with Crippen LogP contribution in [0.4, 0.5) is 0 Å². The van der Waals surface area contributed by atoms with Gasteiger partial charge in [0.1, 0.15) is 12.4 Å². The van der Waals surface area contributed by atoms with Crippen molar-refractivity contribution in [3.8, 4) is 5.75 Å². The third-order valence-electron chi connectivity index (χ3n) is 4.15. The van der Waals surface area contributed by atoms with Crippen LogP contribution in [0.3, 0.4) is 0 Å². The molecule has 0 unspecified atom stereocenters. The summed E-state index contributed by atoms with van der Waals surface area (Å²) >= 11 is 0. The molecule has 0 N–H and O–H groups in total. The van der Waals surface area contributed by atoms with Crippen LogP contribution in [0.15, 0.2) is 29.4 Å². The number of oxime groups is 1. The molecule has 1 atom stereocenters. The number of nitrogens with zero attached hydrogens (tertiary/aromatic N) is 1. The molecule has 0 radical (unpaired) electrons. The maximum absolute atomic E-state index is 11.8. The Balaban J connectivity index is 1.79. The predicted molar refractivity (Wildman–Crippen MR) is 85.7 cm³/mol. The van der Waals surface area contributed by atoms with Gasteiger partial charge in [0.15, 0.2) is 5.41 Å². The lowest BCUT2D eigenvalue weighted by Crippen LogP contribution is -2.30. The van der Waals surface area contributed by atoms with Gasteiger partial charge in [-0.1, -0.05) is 5.16 Å². The Hall–Kier alpha value is -2.57. The third-order valence-corrected chi connectivity index (χ3v) is 4.15. The van der Waals surface area contributed by atoms with Crippen molar-refractivity contribution in [1.29, 1.82) is 0 Å². The SMILES string of the molecule is COC(=O)C1(C(=O)OC)C[C@@H]1CCO/N=C/c1ccc(OC)cc1. The fraction of sp³-hybridized carbons (Fsp3) is 0.471. The summed E-state index contributed by atoms with van der Waals surface area (Å²) in [5.74, 6) is -0.487. The van der Waals surface area contributed by atoms with E-state index in [4.69, 9.17) is 19.0 Å². The summed E-state index contributed by atoms with van der Waals surface area (Å²) < 4.78 is 14.5. The van der Waals surface area contributed by atoms with Crippen LogP contribution in [0, 0.1) is 11.3 Å². The number of rotatable bonds is 8. The molecule has 2 rings (SSSR count). The summed E-state index contributed by atoms with van der Waals surface area (Å²) in [4.78, 5) is 28.9. The topological polar surface area (TPSA) is 83.4 Å². The Morgan fingerprint density at radius 2 is 1.79 bits per heavy atom. The first-order chi connectivity index (χ1) is 11.6. The molecule has 7 heteroatoms. The maximum atomic E-state index is 11.8. The van der Waals surface area contributed by atoms with Gasteiger partial charge in [-0.05, 0) is 48.6 Å². The van der Waals surface area contributed by atoms with Gasteiger partial charge in [0.25, 0.3) is 0 Å². The molecule has 0 aromatic heterocycles. The zero-order chi connectivity index (χ0) is 17.6. The van der Waals surface area contributed by atoms with Gasteiger partial charge in [0.05, 0.1) is 27.5 Å². The molecule has 1 aromatic rings. The number of hydrogen-bond donors (Lipinski definition) is 0.